The molecule has 1 N–H and O–H groups in total. The highest BCUT2D eigenvalue weighted by atomic mass is 19.4. The Kier molecular flexibility index (Phi) is 4.38. The zero-order valence-corrected chi connectivity index (χ0v) is 12.1. The fourth-order valence-electron chi connectivity index (χ4n) is 1.79. The third-order valence-corrected chi connectivity index (χ3v) is 2.76. The molecule has 0 aromatic carbocycles. The number of ether oxygens (including phenoxy) is 1. The van der Waals surface area contributed by atoms with Gasteiger partial charge in [0, 0.05) is 13.1 Å². The van der Waals surface area contributed by atoms with Gasteiger partial charge in [0.05, 0.1) is 6.10 Å². The van der Waals surface area contributed by atoms with Gasteiger partial charge < -0.3 is 15.0 Å². The normalized spacial score (nSPS) is 15.2. The molecule has 0 spiro atoms. The summed E-state index contributed by atoms with van der Waals surface area (Å²) in [6.45, 7) is 2.50. The van der Waals surface area contributed by atoms with Crippen molar-refractivity contribution in [2.75, 3.05) is 23.8 Å². The summed E-state index contributed by atoms with van der Waals surface area (Å²) in [6.07, 6.45) is -3.08. The number of hydrogen-bond acceptors (Lipinski definition) is 6. The fourth-order valence-corrected chi connectivity index (χ4v) is 1.79. The van der Waals surface area contributed by atoms with Crippen molar-refractivity contribution in [3.8, 4) is 6.01 Å². The Labute approximate surface area is 120 Å². The van der Waals surface area contributed by atoms with Gasteiger partial charge in [-0.1, -0.05) is 0 Å². The summed E-state index contributed by atoms with van der Waals surface area (Å²) in [7, 11) is 1.59. The van der Waals surface area contributed by atoms with Crippen molar-refractivity contribution in [2.45, 2.75) is 45.0 Å². The van der Waals surface area contributed by atoms with E-state index in [0.717, 1.165) is 4.90 Å². The number of aromatic nitrogens is 3. The number of halogens is 3. The largest absolute Gasteiger partial charge is 0.461 e. The predicted molar refractivity (Wildman–Crippen MR) is 71.6 cm³/mol. The summed E-state index contributed by atoms with van der Waals surface area (Å²) in [5.41, 5.74) is 0. The molecule has 1 saturated carbocycles. The van der Waals surface area contributed by atoms with E-state index in [9.17, 15) is 13.2 Å². The number of rotatable bonds is 6. The van der Waals surface area contributed by atoms with Gasteiger partial charge in [-0.25, -0.2) is 0 Å². The van der Waals surface area contributed by atoms with E-state index in [0.29, 0.717) is 12.8 Å². The summed E-state index contributed by atoms with van der Waals surface area (Å²) >= 11 is 0. The van der Waals surface area contributed by atoms with E-state index in [4.69, 9.17) is 4.74 Å². The molecule has 1 heterocycles. The molecule has 118 valence electrons. The highest BCUT2D eigenvalue weighted by Gasteiger charge is 2.39. The first kappa shape index (κ1) is 15.6. The van der Waals surface area contributed by atoms with Gasteiger partial charge >= 0.3 is 12.2 Å². The number of anilines is 2. The van der Waals surface area contributed by atoms with Crippen molar-refractivity contribution < 1.29 is 17.9 Å². The van der Waals surface area contributed by atoms with Gasteiger partial charge in [-0.3, -0.25) is 0 Å². The Bertz CT molecular complexity index is 490. The van der Waals surface area contributed by atoms with Crippen molar-refractivity contribution >= 4 is 11.9 Å². The Morgan fingerprint density at radius 2 is 1.95 bits per heavy atom. The number of hydrogen-bond donors (Lipinski definition) is 1. The van der Waals surface area contributed by atoms with Crippen LogP contribution < -0.4 is 15.0 Å². The second kappa shape index (κ2) is 5.90. The lowest BCUT2D eigenvalue weighted by Crippen LogP contribution is -2.37. The molecule has 1 aliphatic rings. The smallest absolute Gasteiger partial charge is 0.406 e. The lowest BCUT2D eigenvalue weighted by atomic mass is 10.4. The van der Waals surface area contributed by atoms with Gasteiger partial charge in [0.15, 0.2) is 0 Å². The first-order valence-corrected chi connectivity index (χ1v) is 6.72. The number of nitrogens with one attached hydrogen (secondary N) is 1. The van der Waals surface area contributed by atoms with E-state index < -0.39 is 12.7 Å². The SMILES string of the molecule is CNc1nc(OC(C)C)nc(N(CC(F)(F)F)C2CC2)n1. The molecule has 1 aromatic rings. The third kappa shape index (κ3) is 4.61. The summed E-state index contributed by atoms with van der Waals surface area (Å²) in [4.78, 5) is 13.2. The zero-order chi connectivity index (χ0) is 15.6. The average Bonchev–Trinajstić information content (AvgIpc) is 3.17. The van der Waals surface area contributed by atoms with Crippen molar-refractivity contribution in [1.82, 2.24) is 15.0 Å². The minimum Gasteiger partial charge on any atom is -0.461 e. The van der Waals surface area contributed by atoms with Gasteiger partial charge in [0.1, 0.15) is 6.54 Å². The van der Waals surface area contributed by atoms with Crippen LogP contribution >= 0.6 is 0 Å². The van der Waals surface area contributed by atoms with Crippen LogP contribution in [0.15, 0.2) is 0 Å². The summed E-state index contributed by atoms with van der Waals surface area (Å²) in [5, 5.41) is 2.71. The van der Waals surface area contributed by atoms with E-state index >= 15 is 0 Å². The Balaban J connectivity index is 2.30. The van der Waals surface area contributed by atoms with Crippen LogP contribution in [0.3, 0.4) is 0 Å². The maximum absolute atomic E-state index is 12.7. The molecule has 0 aliphatic heterocycles. The minimum absolute atomic E-state index is 0.00942. The Morgan fingerprint density at radius 1 is 1.29 bits per heavy atom. The van der Waals surface area contributed by atoms with Crippen LogP contribution in [0.4, 0.5) is 25.1 Å². The lowest BCUT2D eigenvalue weighted by molar-refractivity contribution is -0.120. The predicted octanol–water partition coefficient (Wildman–Crippen LogP) is 2.23. The molecule has 9 heteroatoms. The quantitative estimate of drug-likeness (QED) is 0.869. The van der Waals surface area contributed by atoms with Gasteiger partial charge in [-0.2, -0.15) is 28.1 Å². The van der Waals surface area contributed by atoms with Crippen LogP contribution in [0.5, 0.6) is 6.01 Å². The molecule has 21 heavy (non-hydrogen) atoms. The molecule has 6 nitrogen and oxygen atoms in total. The summed E-state index contributed by atoms with van der Waals surface area (Å²) < 4.78 is 43.5. The highest BCUT2D eigenvalue weighted by Crippen LogP contribution is 2.33. The average molecular weight is 305 g/mol. The molecular formula is C12H18F3N5O. The molecule has 0 saturated heterocycles. The molecular weight excluding hydrogens is 287 g/mol. The van der Waals surface area contributed by atoms with E-state index in [2.05, 4.69) is 20.3 Å². The second-order valence-corrected chi connectivity index (χ2v) is 5.13. The molecule has 0 amide bonds. The molecule has 0 bridgehead atoms. The molecule has 0 radical (unpaired) electrons. The van der Waals surface area contributed by atoms with Crippen molar-refractivity contribution in [3.63, 3.8) is 0 Å². The van der Waals surface area contributed by atoms with E-state index in [-0.39, 0.29) is 30.1 Å². The van der Waals surface area contributed by atoms with Gasteiger partial charge in [-0.15, -0.1) is 0 Å². The van der Waals surface area contributed by atoms with Crippen molar-refractivity contribution in [3.05, 3.63) is 0 Å². The van der Waals surface area contributed by atoms with Crippen LogP contribution in [-0.4, -0.2) is 46.9 Å². The summed E-state index contributed by atoms with van der Waals surface area (Å²) in [5.74, 6) is 0.174. The van der Waals surface area contributed by atoms with Crippen LogP contribution in [-0.2, 0) is 0 Å². The second-order valence-electron chi connectivity index (χ2n) is 5.13. The molecule has 1 aromatic heterocycles. The van der Waals surface area contributed by atoms with Crippen molar-refractivity contribution in [1.29, 1.82) is 0 Å². The Hall–Kier alpha value is -1.80. The van der Waals surface area contributed by atoms with E-state index in [1.54, 1.807) is 20.9 Å². The standard InChI is InChI=1S/C12H18F3N5O/c1-7(2)21-11-18-9(16-3)17-10(19-11)20(8-4-5-8)6-12(13,14)15/h7-8H,4-6H2,1-3H3,(H,16,17,18,19). The van der Waals surface area contributed by atoms with E-state index in [1.807, 2.05) is 0 Å². The van der Waals surface area contributed by atoms with Gasteiger partial charge in [0.25, 0.3) is 0 Å². The lowest BCUT2D eigenvalue weighted by Gasteiger charge is -2.24. The maximum atomic E-state index is 12.7. The van der Waals surface area contributed by atoms with Gasteiger partial charge in [0.2, 0.25) is 11.9 Å². The third-order valence-electron chi connectivity index (χ3n) is 2.76. The number of alkyl halides is 3. The van der Waals surface area contributed by atoms with Gasteiger partial charge in [-0.05, 0) is 26.7 Å². The first-order valence-electron chi connectivity index (χ1n) is 6.72. The molecule has 1 fully saturated rings. The molecule has 1 aliphatic carbocycles. The fraction of sp³-hybridized carbons (Fsp3) is 0.750. The topological polar surface area (TPSA) is 63.2 Å². The zero-order valence-electron chi connectivity index (χ0n) is 12.1. The minimum atomic E-state index is -4.31. The molecule has 2 rings (SSSR count). The first-order chi connectivity index (χ1) is 9.78. The maximum Gasteiger partial charge on any atom is 0.406 e. The molecule has 0 atom stereocenters. The van der Waals surface area contributed by atoms with Crippen molar-refractivity contribution in [2.24, 2.45) is 0 Å². The monoisotopic (exact) mass is 305 g/mol. The Morgan fingerprint density at radius 3 is 2.43 bits per heavy atom. The van der Waals surface area contributed by atoms with E-state index in [1.165, 1.54) is 0 Å². The number of nitrogens with zero attached hydrogens (tertiary/aromatic N) is 4. The van der Waals surface area contributed by atoms with Crippen LogP contribution in [0.1, 0.15) is 26.7 Å². The van der Waals surface area contributed by atoms with Crippen LogP contribution in [0, 0.1) is 0 Å². The van der Waals surface area contributed by atoms with Crippen LogP contribution in [0.25, 0.3) is 0 Å². The molecule has 0 unspecified atom stereocenters. The highest BCUT2D eigenvalue weighted by molar-refractivity contribution is 5.40. The summed E-state index contributed by atoms with van der Waals surface area (Å²) in [6, 6.07) is -0.155. The van der Waals surface area contributed by atoms with Crippen LogP contribution in [0.2, 0.25) is 0 Å².